The Hall–Kier alpha value is -2.00. The lowest BCUT2D eigenvalue weighted by molar-refractivity contribution is -0.137. The van der Waals surface area contributed by atoms with Gasteiger partial charge in [0.1, 0.15) is 5.75 Å². The fourth-order valence-electron chi connectivity index (χ4n) is 2.60. The van der Waals surface area contributed by atoms with Gasteiger partial charge >= 0.3 is 12.2 Å². The van der Waals surface area contributed by atoms with E-state index in [0.717, 1.165) is 25.1 Å². The molecule has 1 aromatic rings. The average molecular weight is 361 g/mol. The Kier molecular flexibility index (Phi) is 6.12. The van der Waals surface area contributed by atoms with E-state index in [1.54, 1.807) is 6.92 Å². The first-order valence-corrected chi connectivity index (χ1v) is 8.05. The van der Waals surface area contributed by atoms with E-state index in [4.69, 9.17) is 4.74 Å². The Morgan fingerprint density at radius 3 is 2.80 bits per heavy atom. The molecule has 2 rings (SSSR count). The summed E-state index contributed by atoms with van der Waals surface area (Å²) in [6.45, 7) is 3.08. The zero-order valence-corrected chi connectivity index (χ0v) is 13.9. The van der Waals surface area contributed by atoms with E-state index >= 15 is 0 Å². The number of nitrogens with one attached hydrogen (secondary N) is 3. The summed E-state index contributed by atoms with van der Waals surface area (Å²) < 4.78 is 43.8. The van der Waals surface area contributed by atoms with Crippen LogP contribution in [-0.2, 0) is 6.18 Å². The first kappa shape index (κ1) is 19.3. The van der Waals surface area contributed by atoms with Crippen LogP contribution >= 0.6 is 0 Å². The van der Waals surface area contributed by atoms with Gasteiger partial charge in [0.15, 0.2) is 0 Å². The Morgan fingerprint density at radius 1 is 1.44 bits per heavy atom. The lowest BCUT2D eigenvalue weighted by atomic mass is 9.94. The SMILES string of the molecule is CCOc1ccc(C(F)(F)F)cc1NC(=O)NCC1(O)CCCNC1. The number of anilines is 1. The normalized spacial score (nSPS) is 20.8. The third-order valence-electron chi connectivity index (χ3n) is 3.88. The summed E-state index contributed by atoms with van der Waals surface area (Å²) in [7, 11) is 0. The molecule has 1 atom stereocenters. The zero-order valence-electron chi connectivity index (χ0n) is 13.9. The maximum Gasteiger partial charge on any atom is 0.416 e. The average Bonchev–Trinajstić information content (AvgIpc) is 2.55. The monoisotopic (exact) mass is 361 g/mol. The molecular formula is C16H22F3N3O3. The fourth-order valence-corrected chi connectivity index (χ4v) is 2.60. The molecule has 0 saturated carbocycles. The van der Waals surface area contributed by atoms with Crippen molar-refractivity contribution in [2.75, 3.05) is 31.6 Å². The number of hydrogen-bond acceptors (Lipinski definition) is 4. The van der Waals surface area contributed by atoms with Gasteiger partial charge in [-0.1, -0.05) is 0 Å². The number of amides is 2. The summed E-state index contributed by atoms with van der Waals surface area (Å²) in [6, 6.07) is 2.17. The van der Waals surface area contributed by atoms with E-state index in [1.165, 1.54) is 6.07 Å². The number of alkyl halides is 3. The number of ether oxygens (including phenoxy) is 1. The van der Waals surface area contributed by atoms with Gasteiger partial charge in [-0.05, 0) is 44.5 Å². The molecule has 0 radical (unpaired) electrons. The molecule has 0 aliphatic carbocycles. The highest BCUT2D eigenvalue weighted by Crippen LogP contribution is 2.35. The van der Waals surface area contributed by atoms with Crippen LogP contribution in [0.25, 0.3) is 0 Å². The molecule has 6 nitrogen and oxygen atoms in total. The molecule has 1 fully saturated rings. The van der Waals surface area contributed by atoms with E-state index in [-0.39, 0.29) is 24.6 Å². The standard InChI is InChI=1S/C16H22F3N3O3/c1-2-25-13-5-4-11(16(17,18)19)8-12(13)22-14(23)21-10-15(24)6-3-7-20-9-15/h4-5,8,20,24H,2-3,6-7,9-10H2,1H3,(H2,21,22,23). The minimum absolute atomic E-state index is 0.00520. The van der Waals surface area contributed by atoms with Crippen molar-refractivity contribution in [2.45, 2.75) is 31.5 Å². The predicted octanol–water partition coefficient (Wildman–Crippen LogP) is 2.34. The van der Waals surface area contributed by atoms with Crippen LogP contribution in [0.1, 0.15) is 25.3 Å². The number of aliphatic hydroxyl groups is 1. The molecule has 4 N–H and O–H groups in total. The molecular weight excluding hydrogens is 339 g/mol. The Morgan fingerprint density at radius 2 is 2.20 bits per heavy atom. The lowest BCUT2D eigenvalue weighted by Crippen LogP contribution is -2.53. The Labute approximate surface area is 143 Å². The van der Waals surface area contributed by atoms with E-state index in [1.807, 2.05) is 0 Å². The second kappa shape index (κ2) is 7.92. The Bertz CT molecular complexity index is 602. The van der Waals surface area contributed by atoms with Gasteiger partial charge < -0.3 is 25.8 Å². The fraction of sp³-hybridized carbons (Fsp3) is 0.562. The summed E-state index contributed by atoms with van der Waals surface area (Å²) in [6.07, 6.45) is -3.21. The molecule has 140 valence electrons. The van der Waals surface area contributed by atoms with Crippen molar-refractivity contribution in [1.82, 2.24) is 10.6 Å². The van der Waals surface area contributed by atoms with Crippen LogP contribution in [-0.4, -0.2) is 43.0 Å². The number of halogens is 3. The Balaban J connectivity index is 2.05. The predicted molar refractivity (Wildman–Crippen MR) is 86.7 cm³/mol. The van der Waals surface area contributed by atoms with Crippen LogP contribution in [0.3, 0.4) is 0 Å². The molecule has 0 bridgehead atoms. The van der Waals surface area contributed by atoms with Crippen molar-refractivity contribution in [3.05, 3.63) is 23.8 Å². The second-order valence-corrected chi connectivity index (χ2v) is 5.95. The summed E-state index contributed by atoms with van der Waals surface area (Å²) in [5.41, 5.74) is -2.03. The number of piperidine rings is 1. The third kappa shape index (κ3) is 5.50. The number of carbonyl (C=O) groups excluding carboxylic acids is 1. The maximum atomic E-state index is 12.9. The number of urea groups is 1. The molecule has 2 amide bonds. The zero-order chi connectivity index (χ0) is 18.5. The van der Waals surface area contributed by atoms with Gasteiger partial charge in [-0.25, -0.2) is 4.79 Å². The van der Waals surface area contributed by atoms with E-state index in [9.17, 15) is 23.1 Å². The smallest absolute Gasteiger partial charge is 0.416 e. The van der Waals surface area contributed by atoms with Gasteiger partial charge in [0.2, 0.25) is 0 Å². The molecule has 0 aromatic heterocycles. The number of hydrogen-bond donors (Lipinski definition) is 4. The second-order valence-electron chi connectivity index (χ2n) is 5.95. The number of benzene rings is 1. The van der Waals surface area contributed by atoms with Crippen molar-refractivity contribution in [2.24, 2.45) is 0 Å². The minimum atomic E-state index is -4.53. The number of β-amino-alcohol motifs (C(OH)–C–C–N with tert-alkyl or cyclic N) is 1. The summed E-state index contributed by atoms with van der Waals surface area (Å²) >= 11 is 0. The van der Waals surface area contributed by atoms with Crippen molar-refractivity contribution in [1.29, 1.82) is 0 Å². The topological polar surface area (TPSA) is 82.6 Å². The van der Waals surface area contributed by atoms with Crippen LogP contribution < -0.4 is 20.7 Å². The van der Waals surface area contributed by atoms with Crippen molar-refractivity contribution in [3.8, 4) is 5.75 Å². The largest absolute Gasteiger partial charge is 0.492 e. The first-order valence-electron chi connectivity index (χ1n) is 8.05. The van der Waals surface area contributed by atoms with E-state index in [0.29, 0.717) is 13.0 Å². The number of carbonyl (C=O) groups is 1. The van der Waals surface area contributed by atoms with Gasteiger partial charge in [0.05, 0.1) is 23.5 Å². The van der Waals surface area contributed by atoms with Crippen LogP contribution in [0, 0.1) is 0 Å². The van der Waals surface area contributed by atoms with Crippen LogP contribution in [0.4, 0.5) is 23.7 Å². The van der Waals surface area contributed by atoms with Crippen LogP contribution in [0.2, 0.25) is 0 Å². The van der Waals surface area contributed by atoms with Crippen molar-refractivity contribution >= 4 is 11.7 Å². The van der Waals surface area contributed by atoms with Gasteiger partial charge in [-0.2, -0.15) is 13.2 Å². The molecule has 9 heteroatoms. The van der Waals surface area contributed by atoms with E-state index in [2.05, 4.69) is 16.0 Å². The molecule has 0 spiro atoms. The van der Waals surface area contributed by atoms with Gasteiger partial charge in [0, 0.05) is 13.1 Å². The highest BCUT2D eigenvalue weighted by molar-refractivity contribution is 5.91. The van der Waals surface area contributed by atoms with Gasteiger partial charge in [-0.3, -0.25) is 0 Å². The molecule has 1 heterocycles. The maximum absolute atomic E-state index is 12.9. The molecule has 1 saturated heterocycles. The number of rotatable bonds is 5. The summed E-state index contributed by atoms with van der Waals surface area (Å²) in [5, 5.41) is 18.2. The third-order valence-corrected chi connectivity index (χ3v) is 3.88. The highest BCUT2D eigenvalue weighted by atomic mass is 19.4. The van der Waals surface area contributed by atoms with Gasteiger partial charge in [-0.15, -0.1) is 0 Å². The van der Waals surface area contributed by atoms with Crippen LogP contribution in [0.15, 0.2) is 18.2 Å². The molecule has 1 aliphatic rings. The molecule has 1 aromatic carbocycles. The lowest BCUT2D eigenvalue weighted by Gasteiger charge is -2.32. The van der Waals surface area contributed by atoms with Gasteiger partial charge in [0.25, 0.3) is 0 Å². The first-order chi connectivity index (χ1) is 11.7. The summed E-state index contributed by atoms with van der Waals surface area (Å²) in [4.78, 5) is 12.0. The highest BCUT2D eigenvalue weighted by Gasteiger charge is 2.32. The molecule has 1 aliphatic heterocycles. The molecule has 1 unspecified atom stereocenters. The minimum Gasteiger partial charge on any atom is -0.492 e. The van der Waals surface area contributed by atoms with Crippen LogP contribution in [0.5, 0.6) is 5.75 Å². The van der Waals surface area contributed by atoms with Crippen molar-refractivity contribution in [3.63, 3.8) is 0 Å². The quantitative estimate of drug-likeness (QED) is 0.649. The van der Waals surface area contributed by atoms with E-state index < -0.39 is 23.4 Å². The summed E-state index contributed by atoms with van der Waals surface area (Å²) in [5.74, 6) is 0.142. The molecule has 25 heavy (non-hydrogen) atoms. The van der Waals surface area contributed by atoms with Crippen molar-refractivity contribution < 1.29 is 27.8 Å².